The van der Waals surface area contributed by atoms with Gasteiger partial charge in [0.05, 0.1) is 86.6 Å². The van der Waals surface area contributed by atoms with Crippen LogP contribution in [0, 0.1) is 0 Å². The molecule has 1 fully saturated rings. The molecular weight excluding hydrogens is 1110 g/mol. The second kappa shape index (κ2) is 19.4. The molecule has 19 heteroatoms. The molecule has 9 aromatic rings. The molecule has 0 bridgehead atoms. The third-order valence-electron chi connectivity index (χ3n) is 11.8. The van der Waals surface area contributed by atoms with E-state index in [1.165, 1.54) is 0 Å². The van der Waals surface area contributed by atoms with Crippen molar-refractivity contribution in [2.45, 2.75) is 18.0 Å². The van der Waals surface area contributed by atoms with Crippen LogP contribution in [0.4, 0.5) is 0 Å². The quantitative estimate of drug-likeness (QED) is 0.125. The van der Waals surface area contributed by atoms with E-state index >= 15 is 0 Å². The number of fused-ring (bicyclic) bond motifs is 3. The standard InChI is InChI=1S/C47H40Br3N9O3S3.ClH/c1-58-14-16-59(17-15-58)47(45-53-23-29(49)39(56-45)36-19-26-9-6-12-33(61-3)42(26)64-36,46-54-24-30(50)40(57-46)37-20-27-10-7-13-34(62-4)43(27)65-37)21-31(51)44-52-22-28(48)38(55-44)35-18-25-8-5-11-32(60-2)41(25)63-35;/h5-13,18-20,22-24,31H,14-17,21,51H2,1-4H3;1H. The molecular formula is C47H41Br3ClN9O3S3. The maximum Gasteiger partial charge on any atom is 0.157 e. The lowest BCUT2D eigenvalue weighted by Crippen LogP contribution is -2.57. The van der Waals surface area contributed by atoms with Crippen LogP contribution in [0.5, 0.6) is 17.2 Å². The largest absolute Gasteiger partial charge is 0.495 e. The van der Waals surface area contributed by atoms with Crippen LogP contribution in [0.25, 0.3) is 62.0 Å². The lowest BCUT2D eigenvalue weighted by Gasteiger charge is -2.46. The van der Waals surface area contributed by atoms with Crippen molar-refractivity contribution in [2.24, 2.45) is 5.73 Å². The van der Waals surface area contributed by atoms with Crippen molar-refractivity contribution < 1.29 is 14.2 Å². The smallest absolute Gasteiger partial charge is 0.157 e. The van der Waals surface area contributed by atoms with Gasteiger partial charge in [-0.25, -0.2) is 29.9 Å². The van der Waals surface area contributed by atoms with E-state index in [-0.39, 0.29) is 18.8 Å². The van der Waals surface area contributed by atoms with Crippen molar-refractivity contribution in [3.63, 3.8) is 0 Å². The van der Waals surface area contributed by atoms with Gasteiger partial charge in [-0.3, -0.25) is 4.90 Å². The van der Waals surface area contributed by atoms with E-state index in [0.29, 0.717) is 30.6 Å². The van der Waals surface area contributed by atoms with E-state index in [0.717, 1.165) is 106 Å². The minimum Gasteiger partial charge on any atom is -0.495 e. The number of thiophene rings is 3. The van der Waals surface area contributed by atoms with Crippen LogP contribution in [0.15, 0.2) is 105 Å². The first-order valence-electron chi connectivity index (χ1n) is 20.6. The topological polar surface area (TPSA) is 138 Å². The summed E-state index contributed by atoms with van der Waals surface area (Å²) in [5.41, 5.74) is 8.53. The number of hydrogen-bond acceptors (Lipinski definition) is 15. The second-order valence-electron chi connectivity index (χ2n) is 15.6. The Labute approximate surface area is 424 Å². The third kappa shape index (κ3) is 8.51. The minimum atomic E-state index is -1.17. The molecule has 1 atom stereocenters. The summed E-state index contributed by atoms with van der Waals surface area (Å²) in [6, 6.07) is 23.9. The fourth-order valence-corrected chi connectivity index (χ4v) is 13.5. The number of nitrogens with zero attached hydrogens (tertiary/aromatic N) is 8. The zero-order valence-electron chi connectivity index (χ0n) is 35.9. The van der Waals surface area contributed by atoms with Gasteiger partial charge in [0.25, 0.3) is 0 Å². The normalized spacial score (nSPS) is 14.2. The summed E-state index contributed by atoms with van der Waals surface area (Å²) in [5, 5.41) is 3.19. The number of piperazine rings is 1. The predicted octanol–water partition coefficient (Wildman–Crippen LogP) is 12.0. The average molecular weight is 1150 g/mol. The van der Waals surface area contributed by atoms with Gasteiger partial charge >= 0.3 is 0 Å². The highest BCUT2D eigenvalue weighted by atomic mass is 79.9. The van der Waals surface area contributed by atoms with Gasteiger partial charge in [0, 0.05) is 51.2 Å². The van der Waals surface area contributed by atoms with Crippen molar-refractivity contribution in [1.29, 1.82) is 0 Å². The van der Waals surface area contributed by atoms with Gasteiger partial charge in [-0.15, -0.1) is 46.4 Å². The van der Waals surface area contributed by atoms with Crippen molar-refractivity contribution in [1.82, 2.24) is 39.7 Å². The first-order valence-corrected chi connectivity index (χ1v) is 25.4. The number of hydrogen-bond donors (Lipinski definition) is 1. The molecule has 66 heavy (non-hydrogen) atoms. The van der Waals surface area contributed by atoms with E-state index in [4.69, 9.17) is 49.8 Å². The van der Waals surface area contributed by atoms with Crippen molar-refractivity contribution in [3.05, 3.63) is 122 Å². The Kier molecular flexibility index (Phi) is 13.8. The van der Waals surface area contributed by atoms with Crippen LogP contribution in [0.3, 0.4) is 0 Å². The third-order valence-corrected chi connectivity index (χ3v) is 17.0. The van der Waals surface area contributed by atoms with E-state index in [9.17, 15) is 0 Å². The number of ether oxygens (including phenoxy) is 3. The van der Waals surface area contributed by atoms with E-state index < -0.39 is 11.6 Å². The van der Waals surface area contributed by atoms with Crippen LogP contribution >= 0.6 is 94.2 Å². The maximum atomic E-state index is 7.48. The summed E-state index contributed by atoms with van der Waals surface area (Å²) in [7, 11) is 7.22. The summed E-state index contributed by atoms with van der Waals surface area (Å²) in [5.74, 6) is 3.92. The number of halogens is 4. The van der Waals surface area contributed by atoms with Crippen LogP contribution in [-0.4, -0.2) is 94.3 Å². The Hall–Kier alpha value is -4.21. The molecule has 1 saturated heterocycles. The number of nitrogens with two attached hydrogens (primary N) is 1. The molecule has 7 heterocycles. The number of benzene rings is 3. The van der Waals surface area contributed by atoms with Crippen molar-refractivity contribution in [3.8, 4) is 49.0 Å². The summed E-state index contributed by atoms with van der Waals surface area (Å²) in [4.78, 5) is 39.1. The molecule has 2 N–H and O–H groups in total. The summed E-state index contributed by atoms with van der Waals surface area (Å²) >= 11 is 16.3. The first-order chi connectivity index (χ1) is 31.6. The highest BCUT2D eigenvalue weighted by Gasteiger charge is 2.49. The second-order valence-corrected chi connectivity index (χ2v) is 21.4. The van der Waals surface area contributed by atoms with Crippen LogP contribution in [0.1, 0.15) is 29.9 Å². The summed E-state index contributed by atoms with van der Waals surface area (Å²) < 4.78 is 22.6. The molecule has 10 rings (SSSR count). The Morgan fingerprint density at radius 1 is 0.606 bits per heavy atom. The lowest BCUT2D eigenvalue weighted by atomic mass is 9.85. The van der Waals surface area contributed by atoms with Gasteiger partial charge < -0.3 is 24.8 Å². The molecule has 1 aliphatic heterocycles. The number of methoxy groups -OCH3 is 3. The first kappa shape index (κ1) is 46.9. The number of likely N-dealkylation sites (N-methyl/N-ethyl adjacent to an activating group) is 1. The van der Waals surface area contributed by atoms with Crippen LogP contribution in [-0.2, 0) is 5.54 Å². The molecule has 338 valence electrons. The van der Waals surface area contributed by atoms with Gasteiger partial charge in [0.2, 0.25) is 0 Å². The zero-order valence-corrected chi connectivity index (χ0v) is 43.9. The molecule has 0 aliphatic carbocycles. The highest BCUT2D eigenvalue weighted by molar-refractivity contribution is 9.11. The van der Waals surface area contributed by atoms with Gasteiger partial charge in [0.1, 0.15) is 28.6 Å². The monoisotopic (exact) mass is 1150 g/mol. The van der Waals surface area contributed by atoms with Gasteiger partial charge in [-0.2, -0.15) is 0 Å². The predicted molar refractivity (Wildman–Crippen MR) is 280 cm³/mol. The Bertz CT molecular complexity index is 3120. The maximum absolute atomic E-state index is 7.48. The molecule has 0 saturated carbocycles. The SMILES string of the molecule is COc1cccc2cc(-c3nc(C(N)CC(c4ncc(Br)c(-c5cc6cccc(OC)c6s5)n4)(c4ncc(Br)c(-c5cc6cccc(OC)c6s5)n4)N4CCN(C)CC4)ncc3Br)sc12.Cl. The van der Waals surface area contributed by atoms with Gasteiger partial charge in [-0.05, 0) is 107 Å². The molecule has 0 spiro atoms. The Morgan fingerprint density at radius 3 is 1.41 bits per heavy atom. The fourth-order valence-electron chi connectivity index (χ4n) is 8.44. The lowest BCUT2D eigenvalue weighted by molar-refractivity contribution is 0.0406. The number of aromatic nitrogens is 6. The summed E-state index contributed by atoms with van der Waals surface area (Å²) in [6.07, 6.45) is 5.69. The highest BCUT2D eigenvalue weighted by Crippen LogP contribution is 2.47. The minimum absolute atomic E-state index is 0. The van der Waals surface area contributed by atoms with Gasteiger partial charge in [0.15, 0.2) is 11.6 Å². The average Bonchev–Trinajstić information content (AvgIpc) is 4.09. The zero-order chi connectivity index (χ0) is 45.0. The molecule has 12 nitrogen and oxygen atoms in total. The van der Waals surface area contributed by atoms with Crippen molar-refractivity contribution >= 4 is 124 Å². The molecule has 0 amide bonds. The van der Waals surface area contributed by atoms with E-state index in [1.54, 1.807) is 61.5 Å². The Morgan fingerprint density at radius 2 is 1.00 bits per heavy atom. The van der Waals surface area contributed by atoms with Crippen molar-refractivity contribution in [2.75, 3.05) is 54.6 Å². The van der Waals surface area contributed by atoms with E-state index in [1.807, 2.05) is 48.8 Å². The molecule has 6 aromatic heterocycles. The molecule has 3 aromatic carbocycles. The van der Waals surface area contributed by atoms with Crippen LogP contribution < -0.4 is 19.9 Å². The fraction of sp³-hybridized carbons (Fsp3) is 0.234. The van der Waals surface area contributed by atoms with Crippen LogP contribution in [0.2, 0.25) is 0 Å². The summed E-state index contributed by atoms with van der Waals surface area (Å²) in [6.45, 7) is 2.93. The Balaban J connectivity index is 0.00000548. The molecule has 1 unspecified atom stereocenters. The van der Waals surface area contributed by atoms with Gasteiger partial charge in [-0.1, -0.05) is 36.4 Å². The molecule has 1 aliphatic rings. The number of rotatable bonds is 12. The van der Waals surface area contributed by atoms with E-state index in [2.05, 4.69) is 101 Å². The molecule has 0 radical (unpaired) electrons.